The molecular weight excluding hydrogens is 304 g/mol. The summed E-state index contributed by atoms with van der Waals surface area (Å²) in [7, 11) is 1.59. The molecule has 5 heteroatoms. The van der Waals surface area contributed by atoms with E-state index in [1.165, 1.54) is 0 Å². The molecule has 2 amide bonds. The molecule has 0 unspecified atom stereocenters. The Bertz CT molecular complexity index is 738. The van der Waals surface area contributed by atoms with Crippen LogP contribution in [0.3, 0.4) is 0 Å². The Balaban J connectivity index is 1.66. The van der Waals surface area contributed by atoms with Gasteiger partial charge in [-0.3, -0.25) is 9.59 Å². The lowest BCUT2D eigenvalue weighted by atomic mass is 10.1. The zero-order valence-corrected chi connectivity index (χ0v) is 13.8. The highest BCUT2D eigenvalue weighted by molar-refractivity contribution is 6.03. The molecule has 0 bridgehead atoms. The average molecular weight is 324 g/mol. The van der Waals surface area contributed by atoms with Gasteiger partial charge in [0.05, 0.1) is 13.0 Å². The lowest BCUT2D eigenvalue weighted by Gasteiger charge is -2.17. The van der Waals surface area contributed by atoms with Crippen LogP contribution in [0.1, 0.15) is 12.0 Å². The minimum Gasteiger partial charge on any atom is -0.497 e. The van der Waals surface area contributed by atoms with E-state index in [-0.39, 0.29) is 24.2 Å². The molecule has 1 fully saturated rings. The van der Waals surface area contributed by atoms with Crippen molar-refractivity contribution in [2.24, 2.45) is 5.92 Å². The summed E-state index contributed by atoms with van der Waals surface area (Å²) in [4.78, 5) is 26.3. The molecule has 0 aliphatic carbocycles. The number of carbonyl (C=O) groups is 2. The highest BCUT2D eigenvalue weighted by atomic mass is 16.5. The molecule has 5 nitrogen and oxygen atoms in total. The summed E-state index contributed by atoms with van der Waals surface area (Å²) in [6.45, 7) is 2.41. The molecule has 124 valence electrons. The van der Waals surface area contributed by atoms with Crippen LogP contribution in [0.4, 0.5) is 11.4 Å². The highest BCUT2D eigenvalue weighted by Gasteiger charge is 2.35. The normalized spacial score (nSPS) is 17.0. The first-order chi connectivity index (χ1) is 11.6. The van der Waals surface area contributed by atoms with E-state index in [9.17, 15) is 9.59 Å². The fraction of sp³-hybridized carbons (Fsp3) is 0.263. The molecule has 2 aromatic rings. The summed E-state index contributed by atoms with van der Waals surface area (Å²) in [6.07, 6.45) is 0.232. The predicted octanol–water partition coefficient (Wildman–Crippen LogP) is 3.00. The second kappa shape index (κ2) is 6.74. The molecule has 0 aromatic heterocycles. The van der Waals surface area contributed by atoms with Crippen LogP contribution in [0.2, 0.25) is 0 Å². The molecule has 2 aromatic carbocycles. The number of nitrogens with zero attached hydrogens (tertiary/aromatic N) is 1. The van der Waals surface area contributed by atoms with Crippen molar-refractivity contribution in [1.29, 1.82) is 0 Å². The summed E-state index contributed by atoms with van der Waals surface area (Å²) in [6, 6.07) is 14.9. The van der Waals surface area contributed by atoms with Gasteiger partial charge in [-0.1, -0.05) is 17.7 Å². The van der Waals surface area contributed by atoms with Gasteiger partial charge < -0.3 is 15.0 Å². The molecule has 1 N–H and O–H groups in total. The average Bonchev–Trinajstić information content (AvgIpc) is 2.98. The van der Waals surface area contributed by atoms with E-state index in [0.29, 0.717) is 12.2 Å². The van der Waals surface area contributed by atoms with Gasteiger partial charge in [-0.25, -0.2) is 0 Å². The maximum atomic E-state index is 12.4. The van der Waals surface area contributed by atoms with Crippen LogP contribution in [-0.2, 0) is 9.59 Å². The number of hydrogen-bond acceptors (Lipinski definition) is 3. The van der Waals surface area contributed by atoms with Crippen molar-refractivity contribution in [3.05, 3.63) is 54.1 Å². The fourth-order valence-corrected chi connectivity index (χ4v) is 2.78. The van der Waals surface area contributed by atoms with Gasteiger partial charge in [0.2, 0.25) is 11.8 Å². The minimum atomic E-state index is -0.346. The van der Waals surface area contributed by atoms with E-state index in [1.54, 1.807) is 36.3 Å². The molecule has 0 radical (unpaired) electrons. The number of benzene rings is 2. The van der Waals surface area contributed by atoms with Gasteiger partial charge in [0, 0.05) is 24.3 Å². The first-order valence-electron chi connectivity index (χ1n) is 7.89. The maximum absolute atomic E-state index is 12.4. The van der Waals surface area contributed by atoms with Gasteiger partial charge in [0.1, 0.15) is 5.75 Å². The first kappa shape index (κ1) is 16.1. The largest absolute Gasteiger partial charge is 0.497 e. The van der Waals surface area contributed by atoms with E-state index in [2.05, 4.69) is 5.32 Å². The van der Waals surface area contributed by atoms with Gasteiger partial charge >= 0.3 is 0 Å². The van der Waals surface area contributed by atoms with Gasteiger partial charge in [0.15, 0.2) is 0 Å². The molecule has 1 atom stereocenters. The molecule has 1 aliphatic rings. The topological polar surface area (TPSA) is 58.6 Å². The third-order valence-electron chi connectivity index (χ3n) is 4.20. The predicted molar refractivity (Wildman–Crippen MR) is 93.3 cm³/mol. The maximum Gasteiger partial charge on any atom is 0.229 e. The van der Waals surface area contributed by atoms with Crippen molar-refractivity contribution < 1.29 is 14.3 Å². The molecule has 0 spiro atoms. The SMILES string of the molecule is COc1ccc(NC(=O)[C@H]2CC(=O)N(c3ccc(C)cc3)C2)cc1. The number of aryl methyl sites for hydroxylation is 1. The van der Waals surface area contributed by atoms with Gasteiger partial charge in [-0.05, 0) is 43.3 Å². The zero-order chi connectivity index (χ0) is 17.1. The van der Waals surface area contributed by atoms with E-state index >= 15 is 0 Å². The van der Waals surface area contributed by atoms with Gasteiger partial charge in [0.25, 0.3) is 0 Å². The monoisotopic (exact) mass is 324 g/mol. The number of hydrogen-bond donors (Lipinski definition) is 1. The summed E-state index contributed by atoms with van der Waals surface area (Å²) in [5.41, 5.74) is 2.67. The van der Waals surface area contributed by atoms with Crippen molar-refractivity contribution >= 4 is 23.2 Å². The standard InChI is InChI=1S/C19H20N2O3/c1-13-3-7-16(8-4-13)21-12-14(11-18(21)22)19(23)20-15-5-9-17(24-2)10-6-15/h3-10,14H,11-12H2,1-2H3,(H,20,23)/t14-/m0/s1. The zero-order valence-electron chi connectivity index (χ0n) is 13.8. The number of carbonyl (C=O) groups excluding carboxylic acids is 2. The van der Waals surface area contributed by atoms with Crippen LogP contribution in [0.15, 0.2) is 48.5 Å². The number of amides is 2. The molecule has 1 aliphatic heterocycles. The van der Waals surface area contributed by atoms with Crippen LogP contribution in [0.25, 0.3) is 0 Å². The number of ether oxygens (including phenoxy) is 1. The van der Waals surface area contributed by atoms with Crippen LogP contribution in [-0.4, -0.2) is 25.5 Å². The molecule has 3 rings (SSSR count). The summed E-state index contributed by atoms with van der Waals surface area (Å²) < 4.78 is 5.10. The minimum absolute atomic E-state index is 0.0197. The number of methoxy groups -OCH3 is 1. The van der Waals surface area contributed by atoms with Crippen molar-refractivity contribution in [1.82, 2.24) is 0 Å². The Morgan fingerprint density at radius 1 is 1.12 bits per heavy atom. The lowest BCUT2D eigenvalue weighted by molar-refractivity contribution is -0.122. The lowest BCUT2D eigenvalue weighted by Crippen LogP contribution is -2.28. The number of rotatable bonds is 4. The van der Waals surface area contributed by atoms with E-state index < -0.39 is 0 Å². The van der Waals surface area contributed by atoms with Gasteiger partial charge in [-0.2, -0.15) is 0 Å². The highest BCUT2D eigenvalue weighted by Crippen LogP contribution is 2.26. The second-order valence-corrected chi connectivity index (χ2v) is 5.96. The van der Waals surface area contributed by atoms with Crippen molar-refractivity contribution in [3.63, 3.8) is 0 Å². The smallest absolute Gasteiger partial charge is 0.229 e. The number of nitrogens with one attached hydrogen (secondary N) is 1. The third-order valence-corrected chi connectivity index (χ3v) is 4.20. The van der Waals surface area contributed by atoms with Crippen LogP contribution in [0, 0.1) is 12.8 Å². The van der Waals surface area contributed by atoms with Crippen LogP contribution >= 0.6 is 0 Å². The van der Waals surface area contributed by atoms with Gasteiger partial charge in [-0.15, -0.1) is 0 Å². The fourth-order valence-electron chi connectivity index (χ4n) is 2.78. The Morgan fingerprint density at radius 3 is 2.42 bits per heavy atom. The van der Waals surface area contributed by atoms with Crippen LogP contribution in [0.5, 0.6) is 5.75 Å². The Labute approximate surface area is 141 Å². The van der Waals surface area contributed by atoms with E-state index in [0.717, 1.165) is 17.0 Å². The van der Waals surface area contributed by atoms with E-state index in [1.807, 2.05) is 31.2 Å². The molecule has 1 heterocycles. The first-order valence-corrected chi connectivity index (χ1v) is 7.89. The number of anilines is 2. The van der Waals surface area contributed by atoms with E-state index in [4.69, 9.17) is 4.74 Å². The Kier molecular flexibility index (Phi) is 4.51. The quantitative estimate of drug-likeness (QED) is 0.940. The van der Waals surface area contributed by atoms with Crippen molar-refractivity contribution in [2.45, 2.75) is 13.3 Å². The Morgan fingerprint density at radius 2 is 1.79 bits per heavy atom. The summed E-state index contributed by atoms with van der Waals surface area (Å²) in [5.74, 6) is 0.229. The van der Waals surface area contributed by atoms with Crippen molar-refractivity contribution in [3.8, 4) is 5.75 Å². The third kappa shape index (κ3) is 3.40. The molecule has 24 heavy (non-hydrogen) atoms. The van der Waals surface area contributed by atoms with Crippen molar-refractivity contribution in [2.75, 3.05) is 23.9 Å². The Hall–Kier alpha value is -2.82. The molecule has 1 saturated heterocycles. The van der Waals surface area contributed by atoms with Crippen LogP contribution < -0.4 is 15.0 Å². The summed E-state index contributed by atoms with van der Waals surface area (Å²) >= 11 is 0. The summed E-state index contributed by atoms with van der Waals surface area (Å²) in [5, 5.41) is 2.86. The second-order valence-electron chi connectivity index (χ2n) is 5.96. The molecule has 0 saturated carbocycles. The molecular formula is C19H20N2O3.